The largest absolute Gasteiger partial charge is 0.465 e. The fourth-order valence-corrected chi connectivity index (χ4v) is 1.77. The zero-order valence-electron chi connectivity index (χ0n) is 10.1. The van der Waals surface area contributed by atoms with Crippen molar-refractivity contribution in [1.29, 1.82) is 0 Å². The maximum Gasteiger partial charge on any atom is 0.404 e. The van der Waals surface area contributed by atoms with Crippen LogP contribution in [0.3, 0.4) is 0 Å². The summed E-state index contributed by atoms with van der Waals surface area (Å²) in [7, 11) is 0. The van der Waals surface area contributed by atoms with Crippen molar-refractivity contribution in [2.75, 3.05) is 6.54 Å². The minimum Gasteiger partial charge on any atom is -0.465 e. The van der Waals surface area contributed by atoms with Crippen molar-refractivity contribution in [2.24, 2.45) is 0 Å². The normalized spacial score (nSPS) is 10.4. The fourth-order valence-electron chi connectivity index (χ4n) is 1.65. The molecule has 0 aliphatic heterocycles. The summed E-state index contributed by atoms with van der Waals surface area (Å²) < 4.78 is 5.20. The molecule has 5 nitrogen and oxygen atoms in total. The highest BCUT2D eigenvalue weighted by Crippen LogP contribution is 2.21. The summed E-state index contributed by atoms with van der Waals surface area (Å²) in [6.45, 7) is 0.395. The lowest BCUT2D eigenvalue weighted by Gasteiger charge is -1.97. The average Bonchev–Trinajstić information content (AvgIpc) is 2.84. The number of nitrogens with zero attached hydrogens (tertiary/aromatic N) is 1. The second-order valence-corrected chi connectivity index (χ2v) is 4.46. The van der Waals surface area contributed by atoms with Crippen molar-refractivity contribution < 1.29 is 14.4 Å². The Balaban J connectivity index is 1.91. The van der Waals surface area contributed by atoms with Gasteiger partial charge in [0.2, 0.25) is 0 Å². The molecule has 19 heavy (non-hydrogen) atoms. The average molecular weight is 281 g/mol. The molecule has 0 saturated carbocycles. The Bertz CT molecular complexity index is 551. The highest BCUT2D eigenvalue weighted by Gasteiger charge is 2.06. The van der Waals surface area contributed by atoms with Gasteiger partial charge in [-0.2, -0.15) is 0 Å². The molecule has 0 unspecified atom stereocenters. The van der Waals surface area contributed by atoms with Gasteiger partial charge < -0.3 is 14.9 Å². The maximum absolute atomic E-state index is 10.3. The van der Waals surface area contributed by atoms with Crippen LogP contribution in [-0.2, 0) is 6.42 Å². The molecule has 2 aromatic rings. The van der Waals surface area contributed by atoms with Crippen molar-refractivity contribution in [3.05, 3.63) is 41.1 Å². The highest BCUT2D eigenvalue weighted by atomic mass is 35.5. The molecular formula is C13H13ClN2O3. The van der Waals surface area contributed by atoms with Gasteiger partial charge in [0.05, 0.1) is 0 Å². The van der Waals surface area contributed by atoms with Crippen LogP contribution in [0.1, 0.15) is 12.2 Å². The molecule has 2 rings (SSSR count). The lowest BCUT2D eigenvalue weighted by molar-refractivity contribution is 0.194. The number of aryl methyl sites for hydroxylation is 1. The van der Waals surface area contributed by atoms with Gasteiger partial charge in [-0.1, -0.05) is 28.9 Å². The maximum atomic E-state index is 10.3. The summed E-state index contributed by atoms with van der Waals surface area (Å²) >= 11 is 5.82. The first kappa shape index (κ1) is 13.4. The summed E-state index contributed by atoms with van der Waals surface area (Å²) in [6.07, 6.45) is 0.294. The van der Waals surface area contributed by atoms with E-state index in [1.807, 2.05) is 18.2 Å². The lowest BCUT2D eigenvalue weighted by atomic mass is 10.1. The van der Waals surface area contributed by atoms with E-state index in [4.69, 9.17) is 21.2 Å². The van der Waals surface area contributed by atoms with E-state index in [9.17, 15) is 4.79 Å². The van der Waals surface area contributed by atoms with E-state index >= 15 is 0 Å². The van der Waals surface area contributed by atoms with Crippen LogP contribution < -0.4 is 5.32 Å². The van der Waals surface area contributed by atoms with Gasteiger partial charge in [0, 0.05) is 29.6 Å². The number of nitrogens with one attached hydrogen (secondary N) is 1. The van der Waals surface area contributed by atoms with E-state index in [-0.39, 0.29) is 0 Å². The van der Waals surface area contributed by atoms with Crippen LogP contribution in [0.4, 0.5) is 4.79 Å². The second-order valence-electron chi connectivity index (χ2n) is 4.02. The van der Waals surface area contributed by atoms with Crippen LogP contribution in [-0.4, -0.2) is 22.9 Å². The summed E-state index contributed by atoms with van der Waals surface area (Å²) in [4.78, 5) is 10.3. The number of benzene rings is 1. The van der Waals surface area contributed by atoms with E-state index in [1.54, 1.807) is 12.1 Å². The number of carbonyl (C=O) groups is 1. The molecule has 0 bridgehead atoms. The van der Waals surface area contributed by atoms with Gasteiger partial charge in [-0.05, 0) is 18.6 Å². The third-order valence-electron chi connectivity index (χ3n) is 2.58. The lowest BCUT2D eigenvalue weighted by Crippen LogP contribution is -2.22. The van der Waals surface area contributed by atoms with Crippen LogP contribution in [0.25, 0.3) is 11.3 Å². The molecule has 0 radical (unpaired) electrons. The number of aromatic nitrogens is 1. The zero-order valence-corrected chi connectivity index (χ0v) is 10.9. The van der Waals surface area contributed by atoms with Crippen LogP contribution >= 0.6 is 11.6 Å². The molecule has 6 heteroatoms. The molecule has 0 saturated heterocycles. The van der Waals surface area contributed by atoms with E-state index in [0.717, 1.165) is 17.0 Å². The van der Waals surface area contributed by atoms with E-state index in [2.05, 4.69) is 10.5 Å². The Morgan fingerprint density at radius 1 is 1.37 bits per heavy atom. The first-order chi connectivity index (χ1) is 9.15. The minimum absolute atomic E-state index is 0.395. The molecule has 1 aromatic carbocycles. The minimum atomic E-state index is -1.01. The fraction of sp³-hybridized carbons (Fsp3) is 0.231. The number of carboxylic acid groups (broad SMARTS) is 1. The van der Waals surface area contributed by atoms with Gasteiger partial charge in [-0.15, -0.1) is 0 Å². The molecule has 0 atom stereocenters. The van der Waals surface area contributed by atoms with Crippen LogP contribution in [0, 0.1) is 0 Å². The van der Waals surface area contributed by atoms with Gasteiger partial charge in [-0.25, -0.2) is 4.79 Å². The quantitative estimate of drug-likeness (QED) is 0.825. The highest BCUT2D eigenvalue weighted by molar-refractivity contribution is 6.30. The molecule has 0 aliphatic rings. The van der Waals surface area contributed by atoms with E-state index < -0.39 is 6.09 Å². The number of halogens is 1. The van der Waals surface area contributed by atoms with Crippen LogP contribution in [0.15, 0.2) is 34.9 Å². The topological polar surface area (TPSA) is 75.4 Å². The Morgan fingerprint density at radius 2 is 2.11 bits per heavy atom. The van der Waals surface area contributed by atoms with Crippen molar-refractivity contribution in [3.8, 4) is 11.3 Å². The monoisotopic (exact) mass is 280 g/mol. The van der Waals surface area contributed by atoms with Gasteiger partial charge in [0.15, 0.2) is 0 Å². The predicted molar refractivity (Wildman–Crippen MR) is 71.3 cm³/mol. The number of rotatable bonds is 5. The molecule has 100 valence electrons. The predicted octanol–water partition coefficient (Wildman–Crippen LogP) is 3.20. The third-order valence-corrected chi connectivity index (χ3v) is 2.83. The standard InChI is InChI=1S/C13H13ClN2O3/c14-10-5-3-9(4-6-10)12-8-11(19-16-12)2-1-7-15-13(17)18/h3-6,8,15H,1-2,7H2,(H,17,18). The van der Waals surface area contributed by atoms with Gasteiger partial charge in [-0.3, -0.25) is 0 Å². The molecular weight excluding hydrogens is 268 g/mol. The summed E-state index contributed by atoms with van der Waals surface area (Å²) in [6, 6.07) is 9.18. The van der Waals surface area contributed by atoms with Gasteiger partial charge in [0.25, 0.3) is 0 Å². The Morgan fingerprint density at radius 3 is 2.79 bits per heavy atom. The Labute approximate surface area is 115 Å². The SMILES string of the molecule is O=C(O)NCCCc1cc(-c2ccc(Cl)cc2)no1. The Kier molecular flexibility index (Phi) is 4.41. The molecule has 1 amide bonds. The Hall–Kier alpha value is -2.01. The van der Waals surface area contributed by atoms with Crippen molar-refractivity contribution in [3.63, 3.8) is 0 Å². The number of hydrogen-bond donors (Lipinski definition) is 2. The summed E-state index contributed by atoms with van der Waals surface area (Å²) in [5, 5.41) is 15.4. The zero-order chi connectivity index (χ0) is 13.7. The van der Waals surface area contributed by atoms with Crippen LogP contribution in [0.5, 0.6) is 0 Å². The second kappa shape index (κ2) is 6.24. The first-order valence-electron chi connectivity index (χ1n) is 5.83. The molecule has 0 spiro atoms. The van der Waals surface area contributed by atoms with E-state index in [0.29, 0.717) is 24.4 Å². The molecule has 1 aromatic heterocycles. The van der Waals surface area contributed by atoms with Crippen molar-refractivity contribution in [2.45, 2.75) is 12.8 Å². The number of amides is 1. The smallest absolute Gasteiger partial charge is 0.404 e. The van der Waals surface area contributed by atoms with Gasteiger partial charge >= 0.3 is 6.09 Å². The molecule has 1 heterocycles. The van der Waals surface area contributed by atoms with Crippen molar-refractivity contribution >= 4 is 17.7 Å². The molecule has 2 N–H and O–H groups in total. The van der Waals surface area contributed by atoms with Crippen LogP contribution in [0.2, 0.25) is 5.02 Å². The number of hydrogen-bond acceptors (Lipinski definition) is 3. The molecule has 0 fully saturated rings. The molecule has 0 aliphatic carbocycles. The van der Waals surface area contributed by atoms with Gasteiger partial charge in [0.1, 0.15) is 11.5 Å². The third kappa shape index (κ3) is 3.99. The summed E-state index contributed by atoms with van der Waals surface area (Å²) in [5.74, 6) is 0.733. The summed E-state index contributed by atoms with van der Waals surface area (Å²) in [5.41, 5.74) is 1.68. The van der Waals surface area contributed by atoms with Crippen molar-refractivity contribution in [1.82, 2.24) is 10.5 Å². The van der Waals surface area contributed by atoms with E-state index in [1.165, 1.54) is 0 Å². The first-order valence-corrected chi connectivity index (χ1v) is 6.21.